The summed E-state index contributed by atoms with van der Waals surface area (Å²) in [7, 11) is -1.63. The Hall–Kier alpha value is -1.32. The molecule has 0 aliphatic rings. The van der Waals surface area contributed by atoms with Crippen molar-refractivity contribution in [2.75, 3.05) is 12.9 Å². The minimum Gasteiger partial charge on any atom is -0.375 e. The van der Waals surface area contributed by atoms with Crippen molar-refractivity contribution in [1.82, 2.24) is 20.2 Å². The summed E-state index contributed by atoms with van der Waals surface area (Å²) in [6, 6.07) is 0. The molecule has 0 fully saturated rings. The van der Waals surface area contributed by atoms with Crippen molar-refractivity contribution in [1.29, 1.82) is 0 Å². The van der Waals surface area contributed by atoms with Gasteiger partial charge in [-0.25, -0.2) is 18.4 Å². The van der Waals surface area contributed by atoms with Crippen molar-refractivity contribution in [3.05, 3.63) is 27.7 Å². The summed E-state index contributed by atoms with van der Waals surface area (Å²) in [4.78, 5) is 8.40. The van der Waals surface area contributed by atoms with Crippen molar-refractivity contribution in [2.24, 2.45) is 0 Å². The number of aromatic amines is 1. The van der Waals surface area contributed by atoms with Crippen LogP contribution >= 0.6 is 11.3 Å². The molecule has 0 saturated carbocycles. The summed E-state index contributed by atoms with van der Waals surface area (Å²) in [5.74, 6) is 1.14. The smallest absolute Gasteiger partial charge is 0.156 e. The second kappa shape index (κ2) is 6.63. The summed E-state index contributed by atoms with van der Waals surface area (Å²) < 4.78 is 29.4. The maximum atomic E-state index is 12.1. The van der Waals surface area contributed by atoms with Gasteiger partial charge < -0.3 is 4.74 Å². The quantitative estimate of drug-likeness (QED) is 0.825. The molecular formula is C12H18N4O3S2. The molecular weight excluding hydrogens is 312 g/mol. The van der Waals surface area contributed by atoms with Crippen LogP contribution in [0.1, 0.15) is 35.4 Å². The van der Waals surface area contributed by atoms with E-state index in [0.717, 1.165) is 5.01 Å². The maximum Gasteiger partial charge on any atom is 0.156 e. The molecule has 1 N–H and O–H groups in total. The van der Waals surface area contributed by atoms with Gasteiger partial charge in [0.25, 0.3) is 0 Å². The van der Waals surface area contributed by atoms with E-state index in [1.165, 1.54) is 11.3 Å². The molecule has 7 nitrogen and oxygen atoms in total. The van der Waals surface area contributed by atoms with Gasteiger partial charge in [0.15, 0.2) is 15.7 Å². The lowest BCUT2D eigenvalue weighted by atomic mass is 10.4. The fraction of sp³-hybridized carbons (Fsp3) is 0.583. The fourth-order valence-electron chi connectivity index (χ4n) is 1.72. The summed E-state index contributed by atoms with van der Waals surface area (Å²) in [6.45, 7) is 3.65. The Labute approximate surface area is 127 Å². The average Bonchev–Trinajstić information content (AvgIpc) is 3.04. The molecule has 2 aromatic rings. The average molecular weight is 330 g/mol. The Morgan fingerprint density at radius 2 is 2.19 bits per heavy atom. The number of aromatic nitrogens is 4. The summed E-state index contributed by atoms with van der Waals surface area (Å²) in [5, 5.41) is 9.18. The van der Waals surface area contributed by atoms with E-state index in [1.807, 2.05) is 6.92 Å². The van der Waals surface area contributed by atoms with E-state index >= 15 is 0 Å². The Balaban J connectivity index is 1.95. The Morgan fingerprint density at radius 1 is 1.43 bits per heavy atom. The van der Waals surface area contributed by atoms with E-state index in [-0.39, 0.29) is 17.6 Å². The zero-order valence-corrected chi connectivity index (χ0v) is 13.8. The first-order valence-corrected chi connectivity index (χ1v) is 9.15. The second-order valence-corrected chi connectivity index (χ2v) is 7.81. The van der Waals surface area contributed by atoms with Crippen molar-refractivity contribution >= 4 is 21.2 Å². The predicted octanol–water partition coefficient (Wildman–Crippen LogP) is 1.43. The zero-order chi connectivity index (χ0) is 15.5. The van der Waals surface area contributed by atoms with Gasteiger partial charge in [0.1, 0.15) is 16.9 Å². The van der Waals surface area contributed by atoms with Gasteiger partial charge in [0.2, 0.25) is 0 Å². The first kappa shape index (κ1) is 16.1. The first-order chi connectivity index (χ1) is 9.89. The number of nitrogens with one attached hydrogen (secondary N) is 1. The van der Waals surface area contributed by atoms with Crippen LogP contribution in [0.3, 0.4) is 0 Å². The van der Waals surface area contributed by atoms with Crippen LogP contribution in [-0.4, -0.2) is 41.4 Å². The number of nitrogens with zero attached hydrogens (tertiary/aromatic N) is 3. The molecule has 2 aromatic heterocycles. The van der Waals surface area contributed by atoms with Gasteiger partial charge in [-0.3, -0.25) is 5.10 Å². The van der Waals surface area contributed by atoms with Crippen molar-refractivity contribution < 1.29 is 13.2 Å². The van der Waals surface area contributed by atoms with E-state index in [9.17, 15) is 8.42 Å². The van der Waals surface area contributed by atoms with Crippen LogP contribution in [0.5, 0.6) is 0 Å². The summed E-state index contributed by atoms with van der Waals surface area (Å²) in [6.07, 6.45) is 0.181. The van der Waals surface area contributed by atoms with E-state index in [0.29, 0.717) is 23.8 Å². The van der Waals surface area contributed by atoms with E-state index in [1.54, 1.807) is 19.4 Å². The minimum atomic E-state index is -3.23. The molecule has 0 bridgehead atoms. The summed E-state index contributed by atoms with van der Waals surface area (Å²) in [5.41, 5.74) is 0.560. The molecule has 9 heteroatoms. The second-order valence-electron chi connectivity index (χ2n) is 4.73. The lowest BCUT2D eigenvalue weighted by Crippen LogP contribution is -2.12. The molecule has 0 amide bonds. The van der Waals surface area contributed by atoms with Gasteiger partial charge in [-0.05, 0) is 13.8 Å². The summed E-state index contributed by atoms with van der Waals surface area (Å²) >= 11 is 1.41. The molecule has 1 atom stereocenters. The van der Waals surface area contributed by atoms with Crippen LogP contribution in [-0.2, 0) is 26.7 Å². The van der Waals surface area contributed by atoms with Gasteiger partial charge in [0, 0.05) is 18.9 Å². The van der Waals surface area contributed by atoms with Gasteiger partial charge in [-0.1, -0.05) is 0 Å². The number of ether oxygens (including phenoxy) is 1. The van der Waals surface area contributed by atoms with Crippen LogP contribution in [0.2, 0.25) is 0 Å². The van der Waals surface area contributed by atoms with Crippen LogP contribution in [0.4, 0.5) is 0 Å². The van der Waals surface area contributed by atoms with Gasteiger partial charge in [-0.15, -0.1) is 11.3 Å². The number of hydrogen-bond acceptors (Lipinski definition) is 7. The van der Waals surface area contributed by atoms with Gasteiger partial charge in [0.05, 0.1) is 17.2 Å². The van der Waals surface area contributed by atoms with Crippen LogP contribution in [0.15, 0.2) is 5.38 Å². The molecule has 2 heterocycles. The maximum absolute atomic E-state index is 12.1. The SMILES string of the molecule is COC(C)c1nc(CS(=O)(=O)CCc2n[nH]c(C)n2)cs1. The highest BCUT2D eigenvalue weighted by Gasteiger charge is 2.17. The molecule has 0 radical (unpaired) electrons. The fourth-order valence-corrected chi connectivity index (χ4v) is 3.91. The molecule has 0 saturated heterocycles. The van der Waals surface area contributed by atoms with Gasteiger partial charge in [-0.2, -0.15) is 5.10 Å². The number of hydrogen-bond donors (Lipinski definition) is 1. The monoisotopic (exact) mass is 330 g/mol. The van der Waals surface area contributed by atoms with Gasteiger partial charge >= 0.3 is 0 Å². The van der Waals surface area contributed by atoms with Crippen molar-refractivity contribution in [3.8, 4) is 0 Å². The van der Waals surface area contributed by atoms with E-state index < -0.39 is 9.84 Å². The van der Waals surface area contributed by atoms with Crippen molar-refractivity contribution in [3.63, 3.8) is 0 Å². The standard InChI is InChI=1S/C12H18N4O3S2/c1-8(19-3)12-14-10(6-20-12)7-21(17,18)5-4-11-13-9(2)15-16-11/h6,8H,4-5,7H2,1-3H3,(H,13,15,16). The van der Waals surface area contributed by atoms with E-state index in [4.69, 9.17) is 4.74 Å². The molecule has 1 unspecified atom stereocenters. The Morgan fingerprint density at radius 3 is 2.81 bits per heavy atom. The van der Waals surface area contributed by atoms with Crippen LogP contribution < -0.4 is 0 Å². The molecule has 21 heavy (non-hydrogen) atoms. The third kappa shape index (κ3) is 4.58. The number of methoxy groups -OCH3 is 1. The zero-order valence-electron chi connectivity index (χ0n) is 12.2. The molecule has 0 spiro atoms. The Bertz CT molecular complexity index is 693. The first-order valence-electron chi connectivity index (χ1n) is 6.45. The number of aryl methyl sites for hydroxylation is 2. The van der Waals surface area contributed by atoms with Crippen molar-refractivity contribution in [2.45, 2.75) is 32.1 Å². The number of H-pyrrole nitrogens is 1. The largest absolute Gasteiger partial charge is 0.375 e. The third-order valence-electron chi connectivity index (χ3n) is 2.92. The number of thiazole rings is 1. The topological polar surface area (TPSA) is 97.8 Å². The lowest BCUT2D eigenvalue weighted by Gasteiger charge is -2.04. The lowest BCUT2D eigenvalue weighted by molar-refractivity contribution is 0.119. The number of rotatable bonds is 7. The predicted molar refractivity (Wildman–Crippen MR) is 79.9 cm³/mol. The third-order valence-corrected chi connectivity index (χ3v) is 5.54. The van der Waals surface area contributed by atoms with E-state index in [2.05, 4.69) is 20.2 Å². The number of sulfone groups is 1. The minimum absolute atomic E-state index is 0.0109. The van der Waals surface area contributed by atoms with Crippen LogP contribution in [0, 0.1) is 6.92 Å². The molecule has 0 aliphatic heterocycles. The molecule has 2 rings (SSSR count). The normalized spacial score (nSPS) is 13.5. The van der Waals surface area contributed by atoms with Crippen LogP contribution in [0.25, 0.3) is 0 Å². The highest BCUT2D eigenvalue weighted by Crippen LogP contribution is 2.21. The highest BCUT2D eigenvalue weighted by molar-refractivity contribution is 7.90. The highest BCUT2D eigenvalue weighted by atomic mass is 32.2. The molecule has 0 aliphatic carbocycles. The molecule has 116 valence electrons. The Kier molecular flexibility index (Phi) is 5.07. The molecule has 0 aromatic carbocycles.